The lowest BCUT2D eigenvalue weighted by Crippen LogP contribution is -2.29. The molecule has 0 bridgehead atoms. The van der Waals surface area contributed by atoms with Gasteiger partial charge in [-0.25, -0.2) is 0 Å². The molecule has 46 valence electrons. The molecule has 1 rings (SSSR count). The predicted molar refractivity (Wildman–Crippen MR) is 35.3 cm³/mol. The second-order valence-electron chi connectivity index (χ2n) is 2.58. The van der Waals surface area contributed by atoms with Gasteiger partial charge in [0.05, 0.1) is 6.10 Å². The van der Waals surface area contributed by atoms with E-state index in [1.54, 1.807) is 0 Å². The van der Waals surface area contributed by atoms with Gasteiger partial charge < -0.3 is 9.92 Å². The van der Waals surface area contributed by atoms with Crippen LogP contribution in [-0.2, 0) is 0 Å². The van der Waals surface area contributed by atoms with Crippen LogP contribution in [0.2, 0.25) is 0 Å². The standard InChI is InChI=1S/C5H12BNO/c1-4-5(8)2-3-7(4)6/h4-5,8H,2-3,6H2,1H3. The molecule has 1 fully saturated rings. The summed E-state index contributed by atoms with van der Waals surface area (Å²) < 4.78 is 0. The summed E-state index contributed by atoms with van der Waals surface area (Å²) in [4.78, 5) is 2.17. The second-order valence-corrected chi connectivity index (χ2v) is 2.58. The van der Waals surface area contributed by atoms with Crippen molar-refractivity contribution in [1.29, 1.82) is 0 Å². The van der Waals surface area contributed by atoms with Crippen molar-refractivity contribution in [2.45, 2.75) is 25.5 Å². The zero-order valence-electron chi connectivity index (χ0n) is 5.46. The zero-order chi connectivity index (χ0) is 6.15. The number of hydrogen-bond acceptors (Lipinski definition) is 2. The summed E-state index contributed by atoms with van der Waals surface area (Å²) in [7, 11) is 2.04. The number of aliphatic hydroxyl groups is 1. The van der Waals surface area contributed by atoms with Gasteiger partial charge in [0, 0.05) is 6.04 Å². The van der Waals surface area contributed by atoms with Crippen molar-refractivity contribution >= 4 is 7.98 Å². The summed E-state index contributed by atoms with van der Waals surface area (Å²) in [6, 6.07) is 0.370. The van der Waals surface area contributed by atoms with Crippen molar-refractivity contribution < 1.29 is 5.11 Å². The lowest BCUT2D eigenvalue weighted by atomic mass is 10.2. The molecule has 0 radical (unpaired) electrons. The number of aliphatic hydroxyl groups excluding tert-OH is 1. The van der Waals surface area contributed by atoms with E-state index in [-0.39, 0.29) is 6.10 Å². The molecule has 3 heteroatoms. The van der Waals surface area contributed by atoms with Crippen molar-refractivity contribution in [3.05, 3.63) is 0 Å². The maximum absolute atomic E-state index is 9.13. The zero-order valence-corrected chi connectivity index (χ0v) is 5.46. The minimum Gasteiger partial charge on any atom is -0.392 e. The van der Waals surface area contributed by atoms with Crippen LogP contribution in [0.4, 0.5) is 0 Å². The van der Waals surface area contributed by atoms with Gasteiger partial charge >= 0.3 is 0 Å². The van der Waals surface area contributed by atoms with Crippen LogP contribution >= 0.6 is 0 Å². The first kappa shape index (κ1) is 6.11. The molecule has 2 atom stereocenters. The van der Waals surface area contributed by atoms with E-state index in [2.05, 4.69) is 11.7 Å². The summed E-state index contributed by atoms with van der Waals surface area (Å²) in [5.74, 6) is 0. The lowest BCUT2D eigenvalue weighted by Gasteiger charge is -2.15. The van der Waals surface area contributed by atoms with Gasteiger partial charge in [-0.15, -0.1) is 0 Å². The fourth-order valence-corrected chi connectivity index (χ4v) is 1.07. The van der Waals surface area contributed by atoms with Crippen molar-refractivity contribution in [1.82, 2.24) is 4.81 Å². The van der Waals surface area contributed by atoms with E-state index in [0.717, 1.165) is 13.0 Å². The quantitative estimate of drug-likeness (QED) is 0.407. The molecule has 8 heavy (non-hydrogen) atoms. The second kappa shape index (κ2) is 2.07. The molecule has 2 unspecified atom stereocenters. The van der Waals surface area contributed by atoms with Crippen LogP contribution in [0.1, 0.15) is 13.3 Å². The summed E-state index contributed by atoms with van der Waals surface area (Å²) >= 11 is 0. The highest BCUT2D eigenvalue weighted by atomic mass is 16.3. The molecule has 1 saturated heterocycles. The molecule has 1 aliphatic rings. The normalized spacial score (nSPS) is 40.8. The van der Waals surface area contributed by atoms with E-state index in [1.165, 1.54) is 0 Å². The first-order valence-corrected chi connectivity index (χ1v) is 3.10. The lowest BCUT2D eigenvalue weighted by molar-refractivity contribution is 0.151. The van der Waals surface area contributed by atoms with Crippen LogP contribution in [0.3, 0.4) is 0 Å². The van der Waals surface area contributed by atoms with Crippen LogP contribution < -0.4 is 0 Å². The van der Waals surface area contributed by atoms with E-state index >= 15 is 0 Å². The van der Waals surface area contributed by atoms with Gasteiger partial charge in [-0.1, -0.05) is 0 Å². The number of hydrogen-bond donors (Lipinski definition) is 1. The number of rotatable bonds is 0. The van der Waals surface area contributed by atoms with Crippen LogP contribution in [0.15, 0.2) is 0 Å². The Morgan fingerprint density at radius 1 is 1.75 bits per heavy atom. The van der Waals surface area contributed by atoms with E-state index in [4.69, 9.17) is 5.11 Å². The first-order chi connectivity index (χ1) is 3.72. The Kier molecular flexibility index (Phi) is 1.58. The molecule has 2 nitrogen and oxygen atoms in total. The summed E-state index contributed by atoms with van der Waals surface area (Å²) in [5.41, 5.74) is 0. The van der Waals surface area contributed by atoms with Crippen molar-refractivity contribution in [2.75, 3.05) is 6.54 Å². The van der Waals surface area contributed by atoms with Crippen molar-refractivity contribution in [2.24, 2.45) is 0 Å². The minimum atomic E-state index is -0.0833. The van der Waals surface area contributed by atoms with E-state index in [9.17, 15) is 0 Å². The van der Waals surface area contributed by atoms with Crippen molar-refractivity contribution in [3.63, 3.8) is 0 Å². The third-order valence-corrected chi connectivity index (χ3v) is 2.03. The molecule has 0 aliphatic carbocycles. The van der Waals surface area contributed by atoms with Gasteiger partial charge in [-0.05, 0) is 19.9 Å². The molecular weight excluding hydrogens is 101 g/mol. The Balaban J connectivity index is 2.44. The highest BCUT2D eigenvalue weighted by molar-refractivity contribution is 6.04. The average molecular weight is 113 g/mol. The highest BCUT2D eigenvalue weighted by Gasteiger charge is 2.24. The third kappa shape index (κ3) is 0.882. The van der Waals surface area contributed by atoms with Crippen LogP contribution in [0.5, 0.6) is 0 Å². The molecule has 1 aliphatic heterocycles. The summed E-state index contributed by atoms with van der Waals surface area (Å²) in [6.07, 6.45) is 0.859. The molecule has 0 spiro atoms. The minimum absolute atomic E-state index is 0.0833. The first-order valence-electron chi connectivity index (χ1n) is 3.10. The SMILES string of the molecule is BN1CCC(O)C1C. The Morgan fingerprint density at radius 2 is 2.38 bits per heavy atom. The van der Waals surface area contributed by atoms with Gasteiger partial charge in [0.1, 0.15) is 0 Å². The average Bonchev–Trinajstić information content (AvgIpc) is 1.98. The smallest absolute Gasteiger partial charge is 0.185 e. The van der Waals surface area contributed by atoms with Gasteiger partial charge in [0.2, 0.25) is 0 Å². The molecule has 0 aromatic heterocycles. The van der Waals surface area contributed by atoms with Gasteiger partial charge in [-0.2, -0.15) is 0 Å². The molecule has 0 saturated carbocycles. The van der Waals surface area contributed by atoms with E-state index in [1.807, 2.05) is 7.98 Å². The van der Waals surface area contributed by atoms with E-state index < -0.39 is 0 Å². The molecule has 0 aromatic carbocycles. The predicted octanol–water partition coefficient (Wildman–Crippen LogP) is -1.01. The number of nitrogens with zero attached hydrogens (tertiary/aromatic N) is 1. The summed E-state index contributed by atoms with van der Waals surface area (Å²) in [5, 5.41) is 9.13. The Bertz CT molecular complexity index is 78.5. The largest absolute Gasteiger partial charge is 0.392 e. The maximum atomic E-state index is 9.13. The van der Waals surface area contributed by atoms with Crippen molar-refractivity contribution in [3.8, 4) is 0 Å². The molecule has 0 amide bonds. The molecule has 0 aromatic rings. The van der Waals surface area contributed by atoms with Gasteiger partial charge in [-0.3, -0.25) is 0 Å². The Labute approximate surface area is 50.9 Å². The monoisotopic (exact) mass is 113 g/mol. The van der Waals surface area contributed by atoms with E-state index in [0.29, 0.717) is 6.04 Å². The Hall–Kier alpha value is -0.0151. The molecule has 1 N–H and O–H groups in total. The Morgan fingerprint density at radius 3 is 2.50 bits per heavy atom. The van der Waals surface area contributed by atoms with Crippen LogP contribution in [-0.4, -0.2) is 36.6 Å². The fourth-order valence-electron chi connectivity index (χ4n) is 1.07. The molecular formula is C5H12BNO. The fraction of sp³-hybridized carbons (Fsp3) is 1.00. The third-order valence-electron chi connectivity index (χ3n) is 2.03. The maximum Gasteiger partial charge on any atom is 0.185 e. The topological polar surface area (TPSA) is 23.5 Å². The van der Waals surface area contributed by atoms with Gasteiger partial charge in [0.15, 0.2) is 7.98 Å². The molecule has 1 heterocycles. The highest BCUT2D eigenvalue weighted by Crippen LogP contribution is 2.13. The summed E-state index contributed by atoms with van der Waals surface area (Å²) in [6.45, 7) is 3.10. The van der Waals surface area contributed by atoms with Crippen LogP contribution in [0.25, 0.3) is 0 Å². The van der Waals surface area contributed by atoms with Crippen LogP contribution in [0, 0.1) is 0 Å². The van der Waals surface area contributed by atoms with Gasteiger partial charge in [0.25, 0.3) is 0 Å².